The zero-order valence-electron chi connectivity index (χ0n) is 14.2. The van der Waals surface area contributed by atoms with Gasteiger partial charge in [-0.2, -0.15) is 0 Å². The number of fused-ring (bicyclic) bond motifs is 1. The van der Waals surface area contributed by atoms with E-state index in [-0.39, 0.29) is 0 Å². The number of carbonyl (C=O) groups excluding carboxylic acids is 1. The summed E-state index contributed by atoms with van der Waals surface area (Å²) in [5, 5.41) is 21.6. The van der Waals surface area contributed by atoms with Crippen LogP contribution >= 0.6 is 11.3 Å². The van der Waals surface area contributed by atoms with Gasteiger partial charge in [-0.1, -0.05) is 35.6 Å². The van der Waals surface area contributed by atoms with Gasteiger partial charge in [0.05, 0.1) is 7.11 Å². The number of carboxylic acids is 1. The number of carboxylic acid groups (broad SMARTS) is 1. The molecule has 1 heterocycles. The number of aliphatic carboxylic acids is 1. The SMILES string of the molecule is COc1ccccc1-c1ccc2sc(=O)c(C(=O)NCC(=O)O)c(O)c2c1. The molecule has 27 heavy (non-hydrogen) atoms. The Morgan fingerprint density at radius 2 is 1.93 bits per heavy atom. The number of hydrogen-bond donors (Lipinski definition) is 3. The third-order valence-corrected chi connectivity index (χ3v) is 4.89. The molecular formula is C19H15NO6S. The van der Waals surface area contributed by atoms with Crippen LogP contribution in [0.15, 0.2) is 47.3 Å². The van der Waals surface area contributed by atoms with E-state index in [4.69, 9.17) is 9.84 Å². The molecule has 0 saturated heterocycles. The van der Waals surface area contributed by atoms with E-state index in [1.165, 1.54) is 0 Å². The standard InChI is InChI=1S/C19H15NO6S/c1-26-13-5-3-2-4-11(13)10-6-7-14-12(8-10)17(23)16(19(25)27-14)18(24)20-9-15(21)22/h2-8,23H,9H2,1H3,(H,20,24)(H,21,22). The molecule has 3 N–H and O–H groups in total. The summed E-state index contributed by atoms with van der Waals surface area (Å²) >= 11 is 0.804. The zero-order valence-corrected chi connectivity index (χ0v) is 15.0. The van der Waals surface area contributed by atoms with Gasteiger partial charge in [-0.15, -0.1) is 0 Å². The Hall–Kier alpha value is -3.39. The minimum absolute atomic E-state index is 0.323. The molecule has 0 atom stereocenters. The number of rotatable bonds is 5. The molecule has 3 rings (SSSR count). The summed E-state index contributed by atoms with van der Waals surface area (Å²) in [5.74, 6) is -2.02. The molecule has 0 radical (unpaired) electrons. The summed E-state index contributed by atoms with van der Waals surface area (Å²) in [4.78, 5) is 35.0. The fraction of sp³-hybridized carbons (Fsp3) is 0.105. The number of nitrogens with one attached hydrogen (secondary N) is 1. The van der Waals surface area contributed by atoms with Crippen molar-refractivity contribution < 1.29 is 24.5 Å². The molecule has 0 aliphatic carbocycles. The van der Waals surface area contributed by atoms with Gasteiger partial charge in [0.15, 0.2) is 0 Å². The molecule has 0 fully saturated rings. The van der Waals surface area contributed by atoms with Crippen LogP contribution in [-0.4, -0.2) is 35.7 Å². The maximum Gasteiger partial charge on any atom is 0.322 e. The van der Waals surface area contributed by atoms with Crippen molar-refractivity contribution in [1.82, 2.24) is 5.32 Å². The van der Waals surface area contributed by atoms with Gasteiger partial charge in [0.25, 0.3) is 5.91 Å². The lowest BCUT2D eigenvalue weighted by Gasteiger charge is -2.11. The summed E-state index contributed by atoms with van der Waals surface area (Å²) in [7, 11) is 1.55. The highest BCUT2D eigenvalue weighted by Crippen LogP contribution is 2.35. The van der Waals surface area contributed by atoms with Crippen molar-refractivity contribution in [2.45, 2.75) is 0 Å². The van der Waals surface area contributed by atoms with Crippen LogP contribution in [0.2, 0.25) is 0 Å². The fourth-order valence-corrected chi connectivity index (χ4v) is 3.57. The van der Waals surface area contributed by atoms with Crippen LogP contribution in [0.1, 0.15) is 10.4 Å². The first-order valence-electron chi connectivity index (χ1n) is 7.85. The average Bonchev–Trinajstić information content (AvgIpc) is 2.66. The molecular weight excluding hydrogens is 370 g/mol. The highest BCUT2D eigenvalue weighted by Gasteiger charge is 2.20. The lowest BCUT2D eigenvalue weighted by molar-refractivity contribution is -0.135. The van der Waals surface area contributed by atoms with Crippen molar-refractivity contribution in [3.8, 4) is 22.6 Å². The molecule has 0 aliphatic rings. The molecule has 0 bridgehead atoms. The second kappa shape index (κ2) is 7.46. The van der Waals surface area contributed by atoms with E-state index in [9.17, 15) is 19.5 Å². The Bertz CT molecular complexity index is 1110. The van der Waals surface area contributed by atoms with Gasteiger partial charge in [-0.3, -0.25) is 14.4 Å². The largest absolute Gasteiger partial charge is 0.506 e. The minimum Gasteiger partial charge on any atom is -0.506 e. The maximum atomic E-state index is 12.2. The van der Waals surface area contributed by atoms with Crippen LogP contribution in [0.3, 0.4) is 0 Å². The van der Waals surface area contributed by atoms with Crippen molar-refractivity contribution in [2.24, 2.45) is 0 Å². The van der Waals surface area contributed by atoms with Crippen molar-refractivity contribution in [3.63, 3.8) is 0 Å². The Labute approximate surface area is 157 Å². The van der Waals surface area contributed by atoms with Crippen LogP contribution in [0.4, 0.5) is 0 Å². The lowest BCUT2D eigenvalue weighted by Crippen LogP contribution is -2.32. The zero-order chi connectivity index (χ0) is 19.6. The van der Waals surface area contributed by atoms with Gasteiger partial charge in [0.2, 0.25) is 4.74 Å². The van der Waals surface area contributed by atoms with E-state index in [1.54, 1.807) is 31.4 Å². The van der Waals surface area contributed by atoms with Crippen LogP contribution < -0.4 is 14.8 Å². The highest BCUT2D eigenvalue weighted by atomic mass is 32.1. The molecule has 0 spiro atoms. The molecule has 1 amide bonds. The number of para-hydroxylation sites is 1. The van der Waals surface area contributed by atoms with E-state index in [0.29, 0.717) is 15.8 Å². The van der Waals surface area contributed by atoms with E-state index in [0.717, 1.165) is 22.5 Å². The Morgan fingerprint density at radius 1 is 1.19 bits per heavy atom. The quantitative estimate of drug-likeness (QED) is 0.622. The normalized spacial score (nSPS) is 10.6. The molecule has 7 nitrogen and oxygen atoms in total. The van der Waals surface area contributed by atoms with Crippen LogP contribution in [0.25, 0.3) is 21.2 Å². The van der Waals surface area contributed by atoms with Crippen LogP contribution in [0, 0.1) is 0 Å². The van der Waals surface area contributed by atoms with Gasteiger partial charge >= 0.3 is 5.97 Å². The van der Waals surface area contributed by atoms with Crippen molar-refractivity contribution in [3.05, 3.63) is 57.6 Å². The number of aromatic hydroxyl groups is 1. The second-order valence-corrected chi connectivity index (χ2v) is 6.62. The number of amides is 1. The predicted octanol–water partition coefficient (Wildman–Crippen LogP) is 2.46. The molecule has 3 aromatic rings. The number of carbonyl (C=O) groups is 2. The van der Waals surface area contributed by atoms with E-state index < -0.39 is 34.5 Å². The third-order valence-electron chi connectivity index (χ3n) is 3.92. The lowest BCUT2D eigenvalue weighted by atomic mass is 10.0. The number of ether oxygens (including phenoxy) is 1. The summed E-state index contributed by atoms with van der Waals surface area (Å²) in [6.45, 7) is -0.651. The van der Waals surface area contributed by atoms with E-state index in [2.05, 4.69) is 5.32 Å². The van der Waals surface area contributed by atoms with Gasteiger partial charge < -0.3 is 20.3 Å². The summed E-state index contributed by atoms with van der Waals surface area (Å²) in [6.07, 6.45) is 0. The van der Waals surface area contributed by atoms with Crippen molar-refractivity contribution >= 4 is 33.3 Å². The number of benzene rings is 2. The first kappa shape index (κ1) is 18.4. The molecule has 0 aliphatic heterocycles. The van der Waals surface area contributed by atoms with E-state index in [1.807, 2.05) is 18.2 Å². The summed E-state index contributed by atoms with van der Waals surface area (Å²) in [5.41, 5.74) is 1.05. The van der Waals surface area contributed by atoms with E-state index >= 15 is 0 Å². The number of hydrogen-bond acceptors (Lipinski definition) is 6. The van der Waals surface area contributed by atoms with Crippen molar-refractivity contribution in [1.29, 1.82) is 0 Å². The van der Waals surface area contributed by atoms with Crippen LogP contribution in [0.5, 0.6) is 11.5 Å². The average molecular weight is 385 g/mol. The Morgan fingerprint density at radius 3 is 2.63 bits per heavy atom. The minimum atomic E-state index is -1.25. The van der Waals surface area contributed by atoms with Crippen molar-refractivity contribution in [2.75, 3.05) is 13.7 Å². The van der Waals surface area contributed by atoms with Gasteiger partial charge in [0.1, 0.15) is 23.6 Å². The molecule has 8 heteroatoms. The second-order valence-electron chi connectivity index (χ2n) is 5.60. The maximum absolute atomic E-state index is 12.2. The Kier molecular flexibility index (Phi) is 5.09. The third kappa shape index (κ3) is 3.61. The van der Waals surface area contributed by atoms with Gasteiger partial charge in [-0.25, -0.2) is 0 Å². The van der Waals surface area contributed by atoms with Gasteiger partial charge in [-0.05, 0) is 23.8 Å². The molecule has 2 aromatic carbocycles. The van der Waals surface area contributed by atoms with Crippen LogP contribution in [-0.2, 0) is 4.79 Å². The highest BCUT2D eigenvalue weighted by molar-refractivity contribution is 7.16. The molecule has 1 aromatic heterocycles. The molecule has 0 unspecified atom stereocenters. The first-order valence-corrected chi connectivity index (χ1v) is 8.67. The molecule has 0 saturated carbocycles. The monoisotopic (exact) mass is 385 g/mol. The van der Waals surface area contributed by atoms with Gasteiger partial charge in [0, 0.05) is 15.6 Å². The fourth-order valence-electron chi connectivity index (χ4n) is 2.68. The summed E-state index contributed by atoms with van der Waals surface area (Å²) < 4.78 is 5.21. The summed E-state index contributed by atoms with van der Waals surface area (Å²) in [6, 6.07) is 12.5. The topological polar surface area (TPSA) is 113 Å². The predicted molar refractivity (Wildman–Crippen MR) is 102 cm³/mol. The molecule has 138 valence electrons. The Balaban J connectivity index is 2.14. The first-order chi connectivity index (χ1) is 12.9. The number of methoxy groups -OCH3 is 1. The smallest absolute Gasteiger partial charge is 0.322 e.